The Bertz CT molecular complexity index is 260. The number of aromatic nitrogens is 1. The van der Waals surface area contributed by atoms with E-state index >= 15 is 0 Å². The minimum absolute atomic E-state index is 0.762. The predicted octanol–water partition coefficient (Wildman–Crippen LogP) is 1.02. The highest BCUT2D eigenvalue weighted by Gasteiger charge is 1.99. The molecule has 0 fully saturated rings. The van der Waals surface area contributed by atoms with E-state index in [4.69, 9.17) is 4.52 Å². The summed E-state index contributed by atoms with van der Waals surface area (Å²) in [6, 6.07) is 1.95. The second kappa shape index (κ2) is 5.78. The van der Waals surface area contributed by atoms with Gasteiger partial charge in [-0.25, -0.2) is 0 Å². The maximum atomic E-state index is 5.07. The molecule has 0 aliphatic heterocycles. The van der Waals surface area contributed by atoms with Crippen LogP contribution < -0.4 is 5.32 Å². The molecule has 0 aliphatic rings. The number of hydrogen-bond donors (Lipinski definition) is 1. The molecule has 0 saturated heterocycles. The van der Waals surface area contributed by atoms with Gasteiger partial charge in [-0.3, -0.25) is 0 Å². The van der Waals surface area contributed by atoms with Gasteiger partial charge in [-0.15, -0.1) is 0 Å². The lowest BCUT2D eigenvalue weighted by Gasteiger charge is -2.13. The summed E-state index contributed by atoms with van der Waals surface area (Å²) in [6.45, 7) is 7.97. The van der Waals surface area contributed by atoms with Crippen molar-refractivity contribution in [2.75, 3.05) is 26.7 Å². The van der Waals surface area contributed by atoms with Crippen molar-refractivity contribution in [1.29, 1.82) is 0 Å². The summed E-state index contributed by atoms with van der Waals surface area (Å²) in [5.74, 6) is 0.904. The zero-order chi connectivity index (χ0) is 10.4. The van der Waals surface area contributed by atoms with E-state index in [-0.39, 0.29) is 0 Å². The van der Waals surface area contributed by atoms with E-state index in [9.17, 15) is 0 Å². The van der Waals surface area contributed by atoms with Gasteiger partial charge in [0.15, 0.2) is 5.76 Å². The Hall–Kier alpha value is -0.870. The van der Waals surface area contributed by atoms with Crippen LogP contribution in [0, 0.1) is 6.92 Å². The van der Waals surface area contributed by atoms with Gasteiger partial charge in [0.05, 0.1) is 12.2 Å². The maximum Gasteiger partial charge on any atom is 0.150 e. The summed E-state index contributed by atoms with van der Waals surface area (Å²) in [6.07, 6.45) is 0. The van der Waals surface area contributed by atoms with Crippen molar-refractivity contribution in [3.8, 4) is 0 Å². The number of rotatable bonds is 6. The van der Waals surface area contributed by atoms with Gasteiger partial charge in [0.2, 0.25) is 0 Å². The molecule has 0 unspecified atom stereocenters. The van der Waals surface area contributed by atoms with Crippen molar-refractivity contribution in [1.82, 2.24) is 15.4 Å². The smallest absolute Gasteiger partial charge is 0.150 e. The van der Waals surface area contributed by atoms with Crippen LogP contribution in [0.2, 0.25) is 0 Å². The molecule has 4 heteroatoms. The lowest BCUT2D eigenvalue weighted by molar-refractivity contribution is 0.336. The quantitative estimate of drug-likeness (QED) is 0.691. The average Bonchev–Trinajstić information content (AvgIpc) is 2.58. The van der Waals surface area contributed by atoms with Crippen LogP contribution in [0.4, 0.5) is 0 Å². The lowest BCUT2D eigenvalue weighted by atomic mass is 10.4. The van der Waals surface area contributed by atoms with Gasteiger partial charge >= 0.3 is 0 Å². The summed E-state index contributed by atoms with van der Waals surface area (Å²) in [4.78, 5) is 2.26. The molecule has 1 N–H and O–H groups in total. The Balaban J connectivity index is 2.10. The van der Waals surface area contributed by atoms with Gasteiger partial charge in [-0.05, 0) is 20.5 Å². The van der Waals surface area contributed by atoms with Gasteiger partial charge < -0.3 is 14.7 Å². The van der Waals surface area contributed by atoms with Gasteiger partial charge in [0, 0.05) is 19.2 Å². The van der Waals surface area contributed by atoms with Crippen molar-refractivity contribution in [2.24, 2.45) is 0 Å². The van der Waals surface area contributed by atoms with E-state index in [0.29, 0.717) is 0 Å². The van der Waals surface area contributed by atoms with E-state index in [1.54, 1.807) is 0 Å². The van der Waals surface area contributed by atoms with Gasteiger partial charge in [0.25, 0.3) is 0 Å². The molecule has 0 spiro atoms. The van der Waals surface area contributed by atoms with E-state index in [1.165, 1.54) is 0 Å². The summed E-state index contributed by atoms with van der Waals surface area (Å²) in [5.41, 5.74) is 0.937. The van der Waals surface area contributed by atoms with Crippen molar-refractivity contribution in [2.45, 2.75) is 20.4 Å². The predicted molar refractivity (Wildman–Crippen MR) is 56.1 cm³/mol. The molecule has 14 heavy (non-hydrogen) atoms. The highest BCUT2D eigenvalue weighted by atomic mass is 16.5. The third kappa shape index (κ3) is 3.89. The Morgan fingerprint density at radius 1 is 1.57 bits per heavy atom. The molecule has 0 radical (unpaired) electrons. The first-order valence-corrected chi connectivity index (χ1v) is 5.04. The van der Waals surface area contributed by atoms with Crippen molar-refractivity contribution in [3.05, 3.63) is 17.5 Å². The summed E-state index contributed by atoms with van der Waals surface area (Å²) >= 11 is 0. The van der Waals surface area contributed by atoms with Gasteiger partial charge in [-0.1, -0.05) is 12.1 Å². The van der Waals surface area contributed by atoms with Crippen LogP contribution >= 0.6 is 0 Å². The van der Waals surface area contributed by atoms with Gasteiger partial charge in [-0.2, -0.15) is 0 Å². The van der Waals surface area contributed by atoms with Crippen LogP contribution in [0.15, 0.2) is 10.6 Å². The Kier molecular flexibility index (Phi) is 4.62. The number of hydrogen-bond acceptors (Lipinski definition) is 4. The highest BCUT2D eigenvalue weighted by Crippen LogP contribution is 2.00. The third-order valence-electron chi connectivity index (χ3n) is 2.19. The molecule has 1 aromatic rings. The monoisotopic (exact) mass is 197 g/mol. The van der Waals surface area contributed by atoms with Crippen molar-refractivity contribution < 1.29 is 4.52 Å². The molecule has 4 nitrogen and oxygen atoms in total. The molecule has 1 heterocycles. The molecule has 1 rings (SSSR count). The fourth-order valence-corrected chi connectivity index (χ4v) is 1.14. The molecule has 0 aliphatic carbocycles. The second-order valence-corrected chi connectivity index (χ2v) is 3.51. The number of nitrogens with zero attached hydrogens (tertiary/aromatic N) is 2. The molecule has 80 valence electrons. The van der Waals surface area contributed by atoms with Crippen LogP contribution in [0.25, 0.3) is 0 Å². The minimum atomic E-state index is 0.762. The van der Waals surface area contributed by atoms with Crippen LogP contribution in [-0.4, -0.2) is 36.7 Å². The van der Waals surface area contributed by atoms with Crippen LogP contribution in [0.5, 0.6) is 0 Å². The largest absolute Gasteiger partial charge is 0.360 e. The zero-order valence-electron chi connectivity index (χ0n) is 9.21. The van der Waals surface area contributed by atoms with Crippen LogP contribution in [0.3, 0.4) is 0 Å². The SMILES string of the molecule is CCN(C)CCNCc1cc(C)no1. The van der Waals surface area contributed by atoms with E-state index in [2.05, 4.69) is 29.3 Å². The standard InChI is InChI=1S/C10H19N3O/c1-4-13(3)6-5-11-8-10-7-9(2)12-14-10/h7,11H,4-6,8H2,1-3H3. The number of nitrogens with one attached hydrogen (secondary N) is 1. The second-order valence-electron chi connectivity index (χ2n) is 3.51. The normalized spacial score (nSPS) is 11.1. The number of likely N-dealkylation sites (N-methyl/N-ethyl adjacent to an activating group) is 1. The summed E-state index contributed by atoms with van der Waals surface area (Å²) in [5, 5.41) is 7.13. The van der Waals surface area contributed by atoms with E-state index < -0.39 is 0 Å². The molecular formula is C10H19N3O. The summed E-state index contributed by atoms with van der Waals surface area (Å²) < 4.78 is 5.07. The van der Waals surface area contributed by atoms with Crippen molar-refractivity contribution in [3.63, 3.8) is 0 Å². The van der Waals surface area contributed by atoms with E-state index in [0.717, 1.165) is 37.6 Å². The first-order chi connectivity index (χ1) is 6.72. The average molecular weight is 197 g/mol. The first-order valence-electron chi connectivity index (χ1n) is 5.04. The molecule has 0 aromatic carbocycles. The molecule has 0 atom stereocenters. The molecule has 0 bridgehead atoms. The minimum Gasteiger partial charge on any atom is -0.360 e. The molecule has 0 amide bonds. The molecular weight excluding hydrogens is 178 g/mol. The van der Waals surface area contributed by atoms with E-state index in [1.807, 2.05) is 13.0 Å². The third-order valence-corrected chi connectivity index (χ3v) is 2.19. The Morgan fingerprint density at radius 3 is 2.93 bits per heavy atom. The van der Waals surface area contributed by atoms with Crippen LogP contribution in [0.1, 0.15) is 18.4 Å². The van der Waals surface area contributed by atoms with Crippen LogP contribution in [-0.2, 0) is 6.54 Å². The molecule has 1 aromatic heterocycles. The zero-order valence-corrected chi connectivity index (χ0v) is 9.21. The topological polar surface area (TPSA) is 41.3 Å². The maximum absolute atomic E-state index is 5.07. The summed E-state index contributed by atoms with van der Waals surface area (Å²) in [7, 11) is 2.11. The van der Waals surface area contributed by atoms with Crippen molar-refractivity contribution >= 4 is 0 Å². The fraction of sp³-hybridized carbons (Fsp3) is 0.700. The highest BCUT2D eigenvalue weighted by molar-refractivity contribution is 5.02. The lowest BCUT2D eigenvalue weighted by Crippen LogP contribution is -2.28. The molecule has 0 saturated carbocycles. The first kappa shape index (κ1) is 11.2. The fourth-order valence-electron chi connectivity index (χ4n) is 1.14. The Labute approximate surface area is 85.3 Å². The number of aryl methyl sites for hydroxylation is 1. The van der Waals surface area contributed by atoms with Gasteiger partial charge in [0.1, 0.15) is 0 Å². The Morgan fingerprint density at radius 2 is 2.36 bits per heavy atom.